The van der Waals surface area contributed by atoms with Gasteiger partial charge in [0.25, 0.3) is 5.91 Å². The van der Waals surface area contributed by atoms with Crippen LogP contribution in [0.4, 0.5) is 4.79 Å². The van der Waals surface area contributed by atoms with Crippen molar-refractivity contribution in [3.63, 3.8) is 0 Å². The van der Waals surface area contributed by atoms with Crippen LogP contribution in [0.25, 0.3) is 0 Å². The van der Waals surface area contributed by atoms with E-state index in [0.717, 1.165) is 42.1 Å². The van der Waals surface area contributed by atoms with E-state index in [4.69, 9.17) is 0 Å². The minimum absolute atomic E-state index is 0.121. The van der Waals surface area contributed by atoms with Crippen LogP contribution in [0.2, 0.25) is 0 Å². The van der Waals surface area contributed by atoms with Crippen molar-refractivity contribution in [2.24, 2.45) is 0 Å². The average Bonchev–Trinajstić information content (AvgIpc) is 3.16. The second-order valence-corrected chi connectivity index (χ2v) is 7.91. The number of hydrogen-bond acceptors (Lipinski definition) is 4. The first-order valence-electron chi connectivity index (χ1n) is 8.83. The van der Waals surface area contributed by atoms with Crippen molar-refractivity contribution in [1.29, 1.82) is 0 Å². The lowest BCUT2D eigenvalue weighted by molar-refractivity contribution is -0.132. The number of nitrogens with one attached hydrogen (secondary N) is 1. The zero-order chi connectivity index (χ0) is 18.1. The van der Waals surface area contributed by atoms with Gasteiger partial charge in [0.2, 0.25) is 0 Å². The highest BCUT2D eigenvalue weighted by Gasteiger charge is 2.51. The lowest BCUT2D eigenvalue weighted by Crippen LogP contribution is -2.48. The van der Waals surface area contributed by atoms with Gasteiger partial charge in [0.05, 0.1) is 19.3 Å². The smallest absolute Gasteiger partial charge is 0.323 e. The van der Waals surface area contributed by atoms with Crippen LogP contribution >= 0.6 is 15.9 Å². The third kappa shape index (κ3) is 3.25. The van der Waals surface area contributed by atoms with Gasteiger partial charge in [-0.1, -0.05) is 52.5 Å². The van der Waals surface area contributed by atoms with E-state index in [0.29, 0.717) is 12.2 Å². The molecule has 136 valence electrons. The number of amides is 3. The summed E-state index contributed by atoms with van der Waals surface area (Å²) in [6.45, 7) is 0.747. The molecule has 1 aromatic carbocycles. The number of urea groups is 1. The van der Waals surface area contributed by atoms with Gasteiger partial charge in [-0.2, -0.15) is 0 Å². The fourth-order valence-electron chi connectivity index (χ4n) is 3.74. The highest BCUT2D eigenvalue weighted by atomic mass is 79.9. The van der Waals surface area contributed by atoms with E-state index in [1.165, 1.54) is 4.90 Å². The molecule has 0 unspecified atom stereocenters. The van der Waals surface area contributed by atoms with Gasteiger partial charge >= 0.3 is 6.03 Å². The van der Waals surface area contributed by atoms with Gasteiger partial charge in [0, 0.05) is 4.47 Å². The molecule has 1 aliphatic carbocycles. The number of rotatable bonds is 4. The zero-order valence-electron chi connectivity index (χ0n) is 14.3. The molecule has 4 rings (SSSR count). The number of carbonyl (C=O) groups is 2. The predicted octanol–water partition coefficient (Wildman–Crippen LogP) is 2.84. The van der Waals surface area contributed by atoms with E-state index in [9.17, 15) is 9.59 Å². The van der Waals surface area contributed by atoms with Crippen LogP contribution < -0.4 is 5.32 Å². The molecule has 2 aromatic rings. The summed E-state index contributed by atoms with van der Waals surface area (Å²) in [6, 6.07) is 7.65. The number of imide groups is 1. The Morgan fingerprint density at radius 2 is 1.81 bits per heavy atom. The van der Waals surface area contributed by atoms with Gasteiger partial charge in [0.1, 0.15) is 11.2 Å². The van der Waals surface area contributed by atoms with E-state index < -0.39 is 5.54 Å². The molecule has 0 bridgehead atoms. The fourth-order valence-corrected chi connectivity index (χ4v) is 4.01. The zero-order valence-corrected chi connectivity index (χ0v) is 15.9. The molecule has 0 atom stereocenters. The molecule has 26 heavy (non-hydrogen) atoms. The molecule has 1 saturated carbocycles. The average molecular weight is 418 g/mol. The van der Waals surface area contributed by atoms with Crippen LogP contribution in [0.1, 0.15) is 43.4 Å². The molecule has 7 nitrogen and oxygen atoms in total. The highest BCUT2D eigenvalue weighted by Crippen LogP contribution is 2.34. The first kappa shape index (κ1) is 17.2. The number of benzene rings is 1. The molecule has 2 fully saturated rings. The second kappa shape index (κ2) is 6.83. The number of aromatic nitrogens is 3. The Morgan fingerprint density at radius 1 is 1.08 bits per heavy atom. The third-order valence-corrected chi connectivity index (χ3v) is 5.65. The van der Waals surface area contributed by atoms with Crippen molar-refractivity contribution in [2.75, 3.05) is 0 Å². The maximum absolute atomic E-state index is 12.8. The molecule has 1 aliphatic heterocycles. The van der Waals surface area contributed by atoms with E-state index in [1.54, 1.807) is 10.9 Å². The number of carbonyl (C=O) groups excluding carboxylic acids is 2. The summed E-state index contributed by atoms with van der Waals surface area (Å²) in [6.07, 6.45) is 6.31. The first-order chi connectivity index (χ1) is 12.6. The second-order valence-electron chi connectivity index (χ2n) is 7.00. The predicted molar refractivity (Wildman–Crippen MR) is 98.2 cm³/mol. The summed E-state index contributed by atoms with van der Waals surface area (Å²) in [7, 11) is 0. The molecule has 1 aromatic heterocycles. The summed E-state index contributed by atoms with van der Waals surface area (Å²) in [5, 5.41) is 11.2. The summed E-state index contributed by atoms with van der Waals surface area (Å²) >= 11 is 3.42. The van der Waals surface area contributed by atoms with Crippen LogP contribution in [-0.4, -0.2) is 37.4 Å². The van der Waals surface area contributed by atoms with Crippen molar-refractivity contribution in [1.82, 2.24) is 25.2 Å². The normalized spacial score (nSPS) is 19.2. The Kier molecular flexibility index (Phi) is 4.52. The van der Waals surface area contributed by atoms with Crippen LogP contribution in [0.5, 0.6) is 0 Å². The van der Waals surface area contributed by atoms with Crippen molar-refractivity contribution < 1.29 is 9.59 Å². The monoisotopic (exact) mass is 417 g/mol. The SMILES string of the molecule is O=C1NC2(CCCCC2)C(=O)N1Cc1cn(Cc2ccc(Br)cc2)nn1. The fraction of sp³-hybridized carbons (Fsp3) is 0.444. The number of halogens is 1. The Labute approximate surface area is 159 Å². The number of hydrogen-bond donors (Lipinski definition) is 1. The van der Waals surface area contributed by atoms with Gasteiger partial charge in [-0.3, -0.25) is 9.69 Å². The molecule has 1 saturated heterocycles. The van der Waals surface area contributed by atoms with Crippen LogP contribution in [0.15, 0.2) is 34.9 Å². The standard InChI is InChI=1S/C18H20BrN5O2/c19-14-6-4-13(5-7-14)10-23-11-15(21-22-23)12-24-16(25)18(20-17(24)26)8-2-1-3-9-18/h4-7,11H,1-3,8-10,12H2,(H,20,26). The molecule has 1 spiro atoms. The van der Waals surface area contributed by atoms with Gasteiger partial charge in [-0.05, 0) is 30.5 Å². The van der Waals surface area contributed by atoms with Gasteiger partial charge in [-0.15, -0.1) is 5.10 Å². The van der Waals surface area contributed by atoms with Crippen molar-refractivity contribution >= 4 is 27.9 Å². The van der Waals surface area contributed by atoms with Gasteiger partial charge < -0.3 is 5.32 Å². The molecular formula is C18H20BrN5O2. The maximum Gasteiger partial charge on any atom is 0.325 e. The molecule has 2 heterocycles. The molecule has 2 aliphatic rings. The Morgan fingerprint density at radius 3 is 2.54 bits per heavy atom. The first-order valence-corrected chi connectivity index (χ1v) is 9.63. The van der Waals surface area contributed by atoms with Gasteiger partial charge in [0.15, 0.2) is 0 Å². The quantitative estimate of drug-likeness (QED) is 0.775. The molecule has 1 N–H and O–H groups in total. The maximum atomic E-state index is 12.8. The van der Waals surface area contributed by atoms with Crippen molar-refractivity contribution in [3.05, 3.63) is 46.2 Å². The Hall–Kier alpha value is -2.22. The third-order valence-electron chi connectivity index (χ3n) is 5.12. The van der Waals surface area contributed by atoms with E-state index in [1.807, 2.05) is 24.3 Å². The van der Waals surface area contributed by atoms with Crippen LogP contribution in [0.3, 0.4) is 0 Å². The lowest BCUT2D eigenvalue weighted by atomic mass is 9.82. The summed E-state index contributed by atoms with van der Waals surface area (Å²) in [4.78, 5) is 26.4. The van der Waals surface area contributed by atoms with Crippen LogP contribution in [-0.2, 0) is 17.9 Å². The number of nitrogens with zero attached hydrogens (tertiary/aromatic N) is 4. The van der Waals surface area contributed by atoms with E-state index >= 15 is 0 Å². The highest BCUT2D eigenvalue weighted by molar-refractivity contribution is 9.10. The van der Waals surface area contributed by atoms with E-state index in [-0.39, 0.29) is 18.5 Å². The lowest BCUT2D eigenvalue weighted by Gasteiger charge is -2.30. The molecule has 8 heteroatoms. The van der Waals surface area contributed by atoms with Crippen molar-refractivity contribution in [3.8, 4) is 0 Å². The molecular weight excluding hydrogens is 398 g/mol. The topological polar surface area (TPSA) is 80.1 Å². The summed E-state index contributed by atoms with van der Waals surface area (Å²) < 4.78 is 2.74. The molecule has 0 radical (unpaired) electrons. The minimum atomic E-state index is -0.692. The Balaban J connectivity index is 1.44. The minimum Gasteiger partial charge on any atom is -0.323 e. The van der Waals surface area contributed by atoms with Crippen molar-refractivity contribution in [2.45, 2.75) is 50.7 Å². The Bertz CT molecular complexity index is 826. The van der Waals surface area contributed by atoms with E-state index in [2.05, 4.69) is 31.6 Å². The van der Waals surface area contributed by atoms with Crippen LogP contribution in [0, 0.1) is 0 Å². The largest absolute Gasteiger partial charge is 0.325 e. The summed E-state index contributed by atoms with van der Waals surface area (Å²) in [5.41, 5.74) is 1.02. The molecule has 3 amide bonds. The summed E-state index contributed by atoms with van der Waals surface area (Å²) in [5.74, 6) is -0.121. The van der Waals surface area contributed by atoms with Gasteiger partial charge in [-0.25, -0.2) is 9.48 Å².